The molecule has 0 bridgehead atoms. The van der Waals surface area contributed by atoms with E-state index in [2.05, 4.69) is 5.32 Å². The first-order chi connectivity index (χ1) is 7.50. The van der Waals surface area contributed by atoms with E-state index in [0.717, 1.165) is 16.9 Å². The van der Waals surface area contributed by atoms with E-state index in [1.807, 2.05) is 39.0 Å². The van der Waals surface area contributed by atoms with Crippen LogP contribution in [0.2, 0.25) is 0 Å². The second-order valence-electron chi connectivity index (χ2n) is 4.24. The number of ether oxygens (including phenoxy) is 1. The number of benzene rings is 1. The predicted octanol–water partition coefficient (Wildman–Crippen LogP) is 2.00. The molecule has 0 aromatic heterocycles. The molecule has 2 unspecified atom stereocenters. The van der Waals surface area contributed by atoms with Gasteiger partial charge in [-0.2, -0.15) is 0 Å². The van der Waals surface area contributed by atoms with Gasteiger partial charge < -0.3 is 9.84 Å². The van der Waals surface area contributed by atoms with Gasteiger partial charge in [0.15, 0.2) is 0 Å². The molecule has 3 nitrogen and oxygen atoms in total. The van der Waals surface area contributed by atoms with Crippen molar-refractivity contribution >= 4 is 0 Å². The Morgan fingerprint density at radius 1 is 1.25 bits per heavy atom. The molecule has 0 spiro atoms. The number of aryl methyl sites for hydroxylation is 2. The highest BCUT2D eigenvalue weighted by Crippen LogP contribution is 2.22. The van der Waals surface area contributed by atoms with Crippen LogP contribution >= 0.6 is 0 Å². The summed E-state index contributed by atoms with van der Waals surface area (Å²) in [7, 11) is 0. The number of para-hydroxylation sites is 1. The molecule has 0 aliphatic rings. The standard InChI is InChI=1S/C13H21NO2/c1-9-6-5-7-10(2)13(9)16-12(4)14-8-11(3)15/h5-7,11-12,14-15H,8H2,1-4H3. The molecule has 0 aliphatic heterocycles. The van der Waals surface area contributed by atoms with Crippen LogP contribution in [0.3, 0.4) is 0 Å². The third-order valence-electron chi connectivity index (χ3n) is 2.40. The summed E-state index contributed by atoms with van der Waals surface area (Å²) >= 11 is 0. The zero-order chi connectivity index (χ0) is 12.1. The number of rotatable bonds is 5. The van der Waals surface area contributed by atoms with Gasteiger partial charge in [-0.05, 0) is 38.8 Å². The molecule has 0 radical (unpaired) electrons. The van der Waals surface area contributed by atoms with Gasteiger partial charge in [-0.25, -0.2) is 0 Å². The van der Waals surface area contributed by atoms with Crippen LogP contribution in [0.25, 0.3) is 0 Å². The second-order valence-corrected chi connectivity index (χ2v) is 4.24. The van der Waals surface area contributed by atoms with Gasteiger partial charge in [0.1, 0.15) is 12.0 Å². The largest absolute Gasteiger partial charge is 0.475 e. The van der Waals surface area contributed by atoms with Gasteiger partial charge in [0.2, 0.25) is 0 Å². The van der Waals surface area contributed by atoms with Crippen LogP contribution in [0.4, 0.5) is 0 Å². The minimum absolute atomic E-state index is 0.102. The summed E-state index contributed by atoms with van der Waals surface area (Å²) < 4.78 is 5.80. The van der Waals surface area contributed by atoms with Crippen LogP contribution in [0.1, 0.15) is 25.0 Å². The zero-order valence-corrected chi connectivity index (χ0v) is 10.4. The summed E-state index contributed by atoms with van der Waals surface area (Å²) in [6.45, 7) is 8.28. The molecule has 0 aliphatic carbocycles. The fraction of sp³-hybridized carbons (Fsp3) is 0.538. The van der Waals surface area contributed by atoms with Gasteiger partial charge in [0.25, 0.3) is 0 Å². The molecule has 16 heavy (non-hydrogen) atoms. The Balaban J connectivity index is 2.59. The molecular formula is C13H21NO2. The lowest BCUT2D eigenvalue weighted by atomic mass is 10.1. The Morgan fingerprint density at radius 3 is 2.31 bits per heavy atom. The minimum atomic E-state index is -0.357. The summed E-state index contributed by atoms with van der Waals surface area (Å²) in [4.78, 5) is 0. The molecule has 0 heterocycles. The summed E-state index contributed by atoms with van der Waals surface area (Å²) in [6.07, 6.45) is -0.460. The van der Waals surface area contributed by atoms with Crippen LogP contribution in [-0.4, -0.2) is 24.0 Å². The monoisotopic (exact) mass is 223 g/mol. The van der Waals surface area contributed by atoms with E-state index in [1.54, 1.807) is 6.92 Å². The molecule has 0 saturated heterocycles. The van der Waals surface area contributed by atoms with Crippen molar-refractivity contribution in [2.75, 3.05) is 6.54 Å². The second kappa shape index (κ2) is 5.87. The smallest absolute Gasteiger partial charge is 0.147 e. The fourth-order valence-electron chi connectivity index (χ4n) is 1.54. The molecule has 1 aromatic rings. The molecule has 90 valence electrons. The molecular weight excluding hydrogens is 202 g/mol. The Kier molecular flexibility index (Phi) is 4.77. The molecule has 0 saturated carbocycles. The Hall–Kier alpha value is -1.06. The first kappa shape index (κ1) is 13.0. The van der Waals surface area contributed by atoms with Crippen LogP contribution in [0, 0.1) is 13.8 Å². The Morgan fingerprint density at radius 2 is 1.81 bits per heavy atom. The van der Waals surface area contributed by atoms with E-state index in [1.165, 1.54) is 0 Å². The van der Waals surface area contributed by atoms with E-state index in [-0.39, 0.29) is 12.3 Å². The lowest BCUT2D eigenvalue weighted by Gasteiger charge is -2.20. The highest BCUT2D eigenvalue weighted by atomic mass is 16.5. The third-order valence-corrected chi connectivity index (χ3v) is 2.40. The van der Waals surface area contributed by atoms with Crippen molar-refractivity contribution in [3.63, 3.8) is 0 Å². The van der Waals surface area contributed by atoms with Gasteiger partial charge in [-0.15, -0.1) is 0 Å². The lowest BCUT2D eigenvalue weighted by molar-refractivity contribution is 0.136. The summed E-state index contributed by atoms with van der Waals surface area (Å²) in [5.41, 5.74) is 2.26. The van der Waals surface area contributed by atoms with Crippen molar-refractivity contribution in [3.8, 4) is 5.75 Å². The number of hydrogen-bond acceptors (Lipinski definition) is 3. The van der Waals surface area contributed by atoms with Crippen molar-refractivity contribution in [3.05, 3.63) is 29.3 Å². The Labute approximate surface area is 97.4 Å². The molecule has 1 aromatic carbocycles. The van der Waals surface area contributed by atoms with E-state index in [4.69, 9.17) is 9.84 Å². The van der Waals surface area contributed by atoms with E-state index in [0.29, 0.717) is 6.54 Å². The van der Waals surface area contributed by atoms with Crippen molar-refractivity contribution in [1.82, 2.24) is 5.32 Å². The van der Waals surface area contributed by atoms with Crippen LogP contribution < -0.4 is 10.1 Å². The van der Waals surface area contributed by atoms with Gasteiger partial charge >= 0.3 is 0 Å². The summed E-state index contributed by atoms with van der Waals surface area (Å²) in [6, 6.07) is 6.08. The molecule has 1 rings (SSSR count). The first-order valence-electron chi connectivity index (χ1n) is 5.65. The van der Waals surface area contributed by atoms with Crippen LogP contribution in [0.5, 0.6) is 5.75 Å². The van der Waals surface area contributed by atoms with Gasteiger partial charge in [-0.3, -0.25) is 5.32 Å². The lowest BCUT2D eigenvalue weighted by Crippen LogP contribution is -2.36. The molecule has 2 atom stereocenters. The van der Waals surface area contributed by atoms with Gasteiger partial charge in [0.05, 0.1) is 6.10 Å². The molecule has 0 fully saturated rings. The third kappa shape index (κ3) is 3.83. The van der Waals surface area contributed by atoms with E-state index < -0.39 is 0 Å². The maximum atomic E-state index is 9.16. The fourth-order valence-corrected chi connectivity index (χ4v) is 1.54. The van der Waals surface area contributed by atoms with Gasteiger partial charge in [-0.1, -0.05) is 18.2 Å². The summed E-state index contributed by atoms with van der Waals surface area (Å²) in [5, 5.41) is 12.3. The zero-order valence-electron chi connectivity index (χ0n) is 10.4. The Bertz CT molecular complexity index is 316. The normalized spacial score (nSPS) is 14.6. The maximum Gasteiger partial charge on any atom is 0.147 e. The van der Waals surface area contributed by atoms with Crippen molar-refractivity contribution in [1.29, 1.82) is 0 Å². The first-order valence-corrected chi connectivity index (χ1v) is 5.65. The minimum Gasteiger partial charge on any atom is -0.475 e. The summed E-state index contributed by atoms with van der Waals surface area (Å²) in [5.74, 6) is 0.924. The van der Waals surface area contributed by atoms with Crippen molar-refractivity contribution < 1.29 is 9.84 Å². The molecule has 3 heteroatoms. The number of aliphatic hydroxyl groups is 1. The molecule has 0 amide bonds. The average Bonchev–Trinajstić information content (AvgIpc) is 2.21. The van der Waals surface area contributed by atoms with Crippen molar-refractivity contribution in [2.24, 2.45) is 0 Å². The van der Waals surface area contributed by atoms with Gasteiger partial charge in [0, 0.05) is 6.54 Å². The molecule has 2 N–H and O–H groups in total. The topological polar surface area (TPSA) is 41.5 Å². The number of hydrogen-bond donors (Lipinski definition) is 2. The highest BCUT2D eigenvalue weighted by molar-refractivity contribution is 5.39. The average molecular weight is 223 g/mol. The maximum absolute atomic E-state index is 9.16. The predicted molar refractivity (Wildman–Crippen MR) is 65.7 cm³/mol. The van der Waals surface area contributed by atoms with Crippen molar-refractivity contribution in [2.45, 2.75) is 40.0 Å². The quantitative estimate of drug-likeness (QED) is 0.750. The van der Waals surface area contributed by atoms with Crippen LogP contribution in [0.15, 0.2) is 18.2 Å². The SMILES string of the molecule is Cc1cccc(C)c1OC(C)NCC(C)O. The highest BCUT2D eigenvalue weighted by Gasteiger charge is 2.08. The van der Waals surface area contributed by atoms with E-state index >= 15 is 0 Å². The number of aliphatic hydroxyl groups excluding tert-OH is 1. The van der Waals surface area contributed by atoms with E-state index in [9.17, 15) is 0 Å². The number of nitrogens with one attached hydrogen (secondary N) is 1. The van der Waals surface area contributed by atoms with Crippen LogP contribution in [-0.2, 0) is 0 Å².